The van der Waals surface area contributed by atoms with Gasteiger partial charge in [0.2, 0.25) is 5.91 Å². The van der Waals surface area contributed by atoms with Gasteiger partial charge >= 0.3 is 0 Å². The van der Waals surface area contributed by atoms with Gasteiger partial charge in [0.15, 0.2) is 0 Å². The van der Waals surface area contributed by atoms with Crippen molar-refractivity contribution in [2.75, 3.05) is 13.2 Å². The van der Waals surface area contributed by atoms with Crippen LogP contribution < -0.4 is 11.1 Å². The van der Waals surface area contributed by atoms with E-state index in [1.54, 1.807) is 0 Å². The number of carbonyl (C=O) groups excluding carboxylic acids is 1. The molecule has 16 heavy (non-hydrogen) atoms. The molecule has 0 aliphatic heterocycles. The summed E-state index contributed by atoms with van der Waals surface area (Å²) >= 11 is 0. The zero-order valence-electron chi connectivity index (χ0n) is 10.3. The highest BCUT2D eigenvalue weighted by Crippen LogP contribution is 2.23. The van der Waals surface area contributed by atoms with E-state index in [1.807, 2.05) is 13.8 Å². The highest BCUT2D eigenvalue weighted by atomic mass is 16.3. The van der Waals surface area contributed by atoms with E-state index < -0.39 is 0 Å². The quantitative estimate of drug-likeness (QED) is 0.661. The van der Waals surface area contributed by atoms with Crippen molar-refractivity contribution < 1.29 is 9.90 Å². The summed E-state index contributed by atoms with van der Waals surface area (Å²) in [6, 6.07) is 0.276. The van der Waals surface area contributed by atoms with Crippen molar-refractivity contribution in [3.05, 3.63) is 0 Å². The van der Waals surface area contributed by atoms with Gasteiger partial charge in [-0.15, -0.1) is 0 Å². The average molecular weight is 228 g/mol. The van der Waals surface area contributed by atoms with E-state index in [0.717, 1.165) is 25.7 Å². The van der Waals surface area contributed by atoms with Crippen molar-refractivity contribution in [3.63, 3.8) is 0 Å². The summed E-state index contributed by atoms with van der Waals surface area (Å²) in [5.74, 6) is 0.239. The number of aliphatic hydroxyl groups excluding tert-OH is 1. The molecule has 4 heteroatoms. The van der Waals surface area contributed by atoms with Crippen molar-refractivity contribution in [1.82, 2.24) is 5.32 Å². The highest BCUT2D eigenvalue weighted by molar-refractivity contribution is 5.78. The van der Waals surface area contributed by atoms with Crippen molar-refractivity contribution in [2.45, 2.75) is 45.6 Å². The first-order chi connectivity index (χ1) is 7.44. The van der Waals surface area contributed by atoms with Gasteiger partial charge in [0, 0.05) is 30.5 Å². The molecule has 94 valence electrons. The summed E-state index contributed by atoms with van der Waals surface area (Å²) < 4.78 is 0. The highest BCUT2D eigenvalue weighted by Gasteiger charge is 2.26. The van der Waals surface area contributed by atoms with E-state index in [-0.39, 0.29) is 29.9 Å². The first kappa shape index (κ1) is 13.5. The number of aliphatic hydroxyl groups is 1. The molecule has 0 saturated heterocycles. The third-order valence-corrected chi connectivity index (χ3v) is 3.31. The van der Waals surface area contributed by atoms with E-state index in [0.29, 0.717) is 6.54 Å². The number of hydrogen-bond acceptors (Lipinski definition) is 3. The number of amides is 1. The summed E-state index contributed by atoms with van der Waals surface area (Å²) in [6.07, 6.45) is 3.68. The Hall–Kier alpha value is -0.610. The summed E-state index contributed by atoms with van der Waals surface area (Å²) in [5, 5.41) is 12.0. The lowest BCUT2D eigenvalue weighted by molar-refractivity contribution is -0.126. The van der Waals surface area contributed by atoms with Crippen molar-refractivity contribution in [2.24, 2.45) is 17.1 Å². The topological polar surface area (TPSA) is 75.3 Å². The summed E-state index contributed by atoms with van der Waals surface area (Å²) in [4.78, 5) is 11.8. The third kappa shape index (κ3) is 4.10. The van der Waals surface area contributed by atoms with E-state index in [2.05, 4.69) is 5.32 Å². The van der Waals surface area contributed by atoms with Gasteiger partial charge in [-0.25, -0.2) is 0 Å². The number of rotatable bonds is 4. The van der Waals surface area contributed by atoms with Gasteiger partial charge in [0.25, 0.3) is 0 Å². The molecule has 1 aliphatic rings. The molecule has 0 radical (unpaired) electrons. The number of hydrogen-bond donors (Lipinski definition) is 3. The van der Waals surface area contributed by atoms with E-state index in [4.69, 9.17) is 10.8 Å². The molecule has 0 spiro atoms. The fourth-order valence-electron chi connectivity index (χ4n) is 1.91. The van der Waals surface area contributed by atoms with Gasteiger partial charge in [-0.1, -0.05) is 13.8 Å². The number of carbonyl (C=O) groups is 1. The molecular formula is C12H24N2O2. The Morgan fingerprint density at radius 2 is 1.94 bits per heavy atom. The van der Waals surface area contributed by atoms with Crippen LogP contribution in [-0.4, -0.2) is 30.2 Å². The molecule has 1 saturated carbocycles. The minimum atomic E-state index is -0.235. The van der Waals surface area contributed by atoms with Crippen LogP contribution in [0.3, 0.4) is 0 Å². The fourth-order valence-corrected chi connectivity index (χ4v) is 1.91. The third-order valence-electron chi connectivity index (χ3n) is 3.31. The van der Waals surface area contributed by atoms with Gasteiger partial charge in [0.1, 0.15) is 0 Å². The first-order valence-electron chi connectivity index (χ1n) is 6.09. The Balaban J connectivity index is 2.30. The van der Waals surface area contributed by atoms with E-state index in [9.17, 15) is 4.79 Å². The van der Waals surface area contributed by atoms with Crippen LogP contribution in [0, 0.1) is 11.3 Å². The van der Waals surface area contributed by atoms with Crippen LogP contribution >= 0.6 is 0 Å². The second kappa shape index (κ2) is 5.64. The zero-order valence-corrected chi connectivity index (χ0v) is 10.3. The van der Waals surface area contributed by atoms with Crippen LogP contribution in [-0.2, 0) is 4.79 Å². The van der Waals surface area contributed by atoms with Crippen LogP contribution in [0.15, 0.2) is 0 Å². The Morgan fingerprint density at radius 3 is 2.44 bits per heavy atom. The van der Waals surface area contributed by atoms with Gasteiger partial charge in [-0.2, -0.15) is 0 Å². The van der Waals surface area contributed by atoms with E-state index in [1.165, 1.54) is 0 Å². The van der Waals surface area contributed by atoms with Crippen LogP contribution in [0.1, 0.15) is 39.5 Å². The number of nitrogens with one attached hydrogen (secondary N) is 1. The molecule has 1 amide bonds. The SMILES string of the molecule is CC(C)(CO)CNC(=O)C1CCC(N)CC1. The molecule has 0 unspecified atom stereocenters. The Labute approximate surface area is 97.6 Å². The Bertz CT molecular complexity index is 233. The molecule has 1 fully saturated rings. The van der Waals surface area contributed by atoms with Crippen LogP contribution in [0.2, 0.25) is 0 Å². The van der Waals surface area contributed by atoms with Crippen LogP contribution in [0.4, 0.5) is 0 Å². The fraction of sp³-hybridized carbons (Fsp3) is 0.917. The maximum atomic E-state index is 11.8. The second-order valence-corrected chi connectivity index (χ2v) is 5.65. The zero-order chi connectivity index (χ0) is 12.2. The smallest absolute Gasteiger partial charge is 0.223 e. The molecule has 0 heterocycles. The molecule has 4 nitrogen and oxygen atoms in total. The van der Waals surface area contributed by atoms with Crippen LogP contribution in [0.25, 0.3) is 0 Å². The van der Waals surface area contributed by atoms with Gasteiger partial charge in [-0.05, 0) is 25.7 Å². The average Bonchev–Trinajstić information content (AvgIpc) is 2.27. The summed E-state index contributed by atoms with van der Waals surface area (Å²) in [5.41, 5.74) is 5.56. The monoisotopic (exact) mass is 228 g/mol. The molecule has 0 atom stereocenters. The maximum Gasteiger partial charge on any atom is 0.223 e. The molecule has 0 aromatic rings. The molecule has 0 aromatic carbocycles. The molecule has 0 bridgehead atoms. The predicted octanol–water partition coefficient (Wildman–Crippen LogP) is 0.639. The standard InChI is InChI=1S/C12H24N2O2/c1-12(2,8-15)7-14-11(16)9-3-5-10(13)6-4-9/h9-10,15H,3-8,13H2,1-2H3,(H,14,16). The minimum Gasteiger partial charge on any atom is -0.396 e. The second-order valence-electron chi connectivity index (χ2n) is 5.65. The predicted molar refractivity (Wildman–Crippen MR) is 63.8 cm³/mol. The van der Waals surface area contributed by atoms with Crippen LogP contribution in [0.5, 0.6) is 0 Å². The first-order valence-corrected chi connectivity index (χ1v) is 6.09. The Kier molecular flexibility index (Phi) is 4.74. The lowest BCUT2D eigenvalue weighted by Crippen LogP contribution is -2.41. The molecule has 4 N–H and O–H groups in total. The molecule has 1 aliphatic carbocycles. The summed E-state index contributed by atoms with van der Waals surface area (Å²) in [7, 11) is 0. The van der Waals surface area contributed by atoms with Gasteiger partial charge in [-0.3, -0.25) is 4.79 Å². The lowest BCUT2D eigenvalue weighted by Gasteiger charge is -2.27. The Morgan fingerprint density at radius 1 is 1.38 bits per heavy atom. The maximum absolute atomic E-state index is 11.8. The summed E-state index contributed by atoms with van der Waals surface area (Å²) in [6.45, 7) is 4.49. The molecule has 1 rings (SSSR count). The molecule has 0 aromatic heterocycles. The van der Waals surface area contributed by atoms with Gasteiger partial charge < -0.3 is 16.2 Å². The van der Waals surface area contributed by atoms with Crippen molar-refractivity contribution in [1.29, 1.82) is 0 Å². The van der Waals surface area contributed by atoms with Gasteiger partial charge in [0.05, 0.1) is 0 Å². The molecular weight excluding hydrogens is 204 g/mol. The lowest BCUT2D eigenvalue weighted by atomic mass is 9.85. The normalized spacial score (nSPS) is 26.5. The number of nitrogens with two attached hydrogens (primary N) is 1. The largest absolute Gasteiger partial charge is 0.396 e. The van der Waals surface area contributed by atoms with Crippen molar-refractivity contribution in [3.8, 4) is 0 Å². The van der Waals surface area contributed by atoms with Crippen molar-refractivity contribution >= 4 is 5.91 Å². The minimum absolute atomic E-state index is 0.0861. The van der Waals surface area contributed by atoms with E-state index >= 15 is 0 Å².